The molecule has 0 saturated heterocycles. The van der Waals surface area contributed by atoms with Gasteiger partial charge in [0.15, 0.2) is 5.82 Å². The Bertz CT molecular complexity index is 4230. The van der Waals surface area contributed by atoms with Crippen LogP contribution in [0.25, 0.3) is 127 Å². The summed E-state index contributed by atoms with van der Waals surface area (Å²) in [7, 11) is 0. The van der Waals surface area contributed by atoms with Crippen LogP contribution >= 0.6 is 0 Å². The van der Waals surface area contributed by atoms with E-state index in [-0.39, 0.29) is 0 Å². The minimum Gasteiger partial charge on any atom is -0.309 e. The Labute approximate surface area is 373 Å². The zero-order valence-electron chi connectivity index (χ0n) is 35.1. The minimum atomic E-state index is 0.795. The van der Waals surface area contributed by atoms with E-state index < -0.39 is 0 Å². The van der Waals surface area contributed by atoms with Crippen LogP contribution in [0.5, 0.6) is 0 Å². The molecule has 0 atom stereocenters. The van der Waals surface area contributed by atoms with Crippen LogP contribution in [0.1, 0.15) is 0 Å². The van der Waals surface area contributed by atoms with E-state index >= 15 is 0 Å². The number of para-hydroxylation sites is 6. The molecule has 0 aliphatic heterocycles. The Morgan fingerprint density at radius 1 is 0.277 bits per heavy atom. The number of nitrogens with zero attached hydrogens (tertiary/aromatic N) is 5. The topological polar surface area (TPSA) is 40.6 Å². The van der Waals surface area contributed by atoms with Crippen molar-refractivity contribution in [1.29, 1.82) is 0 Å². The quantitative estimate of drug-likeness (QED) is 0.173. The molecule has 5 nitrogen and oxygen atoms in total. The summed E-state index contributed by atoms with van der Waals surface area (Å²) in [6.07, 6.45) is 0. The molecule has 0 fully saturated rings. The van der Waals surface area contributed by atoms with Gasteiger partial charge in [0.2, 0.25) is 0 Å². The SMILES string of the molecule is c1ccc(-n2c3ccccc3c3cc(-c4ccc5c(c4)c4c6ccccc6ccc4n5-c4nc5ccccc5nc4-c4ccc5c6ccccc6n(-c6ccccc6)c5c4)ccc32)cc1. The van der Waals surface area contributed by atoms with E-state index in [2.05, 4.69) is 226 Å². The molecule has 0 aliphatic carbocycles. The predicted molar refractivity (Wildman–Crippen MR) is 271 cm³/mol. The van der Waals surface area contributed by atoms with Crippen molar-refractivity contribution in [3.63, 3.8) is 0 Å². The number of fused-ring (bicyclic) bond motifs is 12. The summed E-state index contributed by atoms with van der Waals surface area (Å²) in [5.41, 5.74) is 15.0. The summed E-state index contributed by atoms with van der Waals surface area (Å²) in [6, 6.07) is 80.8. The molecule has 14 rings (SSSR count). The van der Waals surface area contributed by atoms with Gasteiger partial charge in [-0.15, -0.1) is 0 Å². The highest BCUT2D eigenvalue weighted by atomic mass is 15.1. The Morgan fingerprint density at radius 2 is 0.769 bits per heavy atom. The first kappa shape index (κ1) is 35.8. The van der Waals surface area contributed by atoms with E-state index in [1.165, 1.54) is 65.2 Å². The van der Waals surface area contributed by atoms with E-state index in [0.29, 0.717) is 0 Å². The first-order chi connectivity index (χ1) is 32.2. The largest absolute Gasteiger partial charge is 0.309 e. The van der Waals surface area contributed by atoms with E-state index in [0.717, 1.165) is 61.6 Å². The van der Waals surface area contributed by atoms with Gasteiger partial charge in [0.1, 0.15) is 5.69 Å². The standard InChI is InChI=1S/C60H37N5/c1-3-16-42(17-4-1)63-53-26-14-10-22-46(53)48-35-39(29-32-54(48)63)40-30-33-55-49(36-40)58-44-20-8-7-15-38(44)28-34-56(58)65(55)60-59(61-50-23-11-12-24-51(50)62-60)41-27-31-47-45-21-9-13-25-52(45)64(57(47)37-41)43-18-5-2-6-19-43/h1-37H. The van der Waals surface area contributed by atoms with Gasteiger partial charge in [-0.25, -0.2) is 9.97 Å². The van der Waals surface area contributed by atoms with Crippen molar-refractivity contribution < 1.29 is 0 Å². The molecule has 0 aliphatic rings. The fraction of sp³-hybridized carbons (Fsp3) is 0. The van der Waals surface area contributed by atoms with Gasteiger partial charge in [-0.2, -0.15) is 0 Å². The lowest BCUT2D eigenvalue weighted by atomic mass is 9.99. The summed E-state index contributed by atoms with van der Waals surface area (Å²) in [6.45, 7) is 0. The van der Waals surface area contributed by atoms with Crippen molar-refractivity contribution in [2.24, 2.45) is 0 Å². The van der Waals surface area contributed by atoms with Gasteiger partial charge >= 0.3 is 0 Å². The second-order valence-corrected chi connectivity index (χ2v) is 17.0. The van der Waals surface area contributed by atoms with Crippen LogP contribution in [0.2, 0.25) is 0 Å². The Morgan fingerprint density at radius 3 is 1.48 bits per heavy atom. The molecule has 4 aromatic heterocycles. The third kappa shape index (κ3) is 5.33. The van der Waals surface area contributed by atoms with Crippen LogP contribution in [0.15, 0.2) is 224 Å². The molecular weight excluding hydrogens is 791 g/mol. The molecule has 0 amide bonds. The van der Waals surface area contributed by atoms with Crippen LogP contribution in [0.3, 0.4) is 0 Å². The summed E-state index contributed by atoms with van der Waals surface area (Å²) >= 11 is 0. The van der Waals surface area contributed by atoms with Crippen LogP contribution in [0.4, 0.5) is 0 Å². The lowest BCUT2D eigenvalue weighted by molar-refractivity contribution is 1.08. The molecule has 65 heavy (non-hydrogen) atoms. The number of benzene rings is 10. The predicted octanol–water partition coefficient (Wildman–Crippen LogP) is 15.4. The highest BCUT2D eigenvalue weighted by Gasteiger charge is 2.23. The third-order valence-electron chi connectivity index (χ3n) is 13.4. The van der Waals surface area contributed by atoms with Crippen LogP contribution in [-0.4, -0.2) is 23.7 Å². The summed E-state index contributed by atoms with van der Waals surface area (Å²) in [4.78, 5) is 11.0. The molecule has 5 heteroatoms. The highest BCUT2D eigenvalue weighted by molar-refractivity contribution is 6.22. The molecule has 0 radical (unpaired) electrons. The van der Waals surface area contributed by atoms with E-state index in [1.807, 2.05) is 12.1 Å². The molecule has 0 spiro atoms. The van der Waals surface area contributed by atoms with Crippen molar-refractivity contribution >= 4 is 87.2 Å². The number of hydrogen-bond acceptors (Lipinski definition) is 2. The van der Waals surface area contributed by atoms with Crippen molar-refractivity contribution in [2.45, 2.75) is 0 Å². The lowest BCUT2D eigenvalue weighted by Crippen LogP contribution is -2.04. The average molecular weight is 828 g/mol. The Kier molecular flexibility index (Phi) is 7.62. The summed E-state index contributed by atoms with van der Waals surface area (Å²) < 4.78 is 7.09. The molecule has 14 aromatic rings. The normalized spacial score (nSPS) is 12.0. The maximum Gasteiger partial charge on any atom is 0.165 e. The maximum atomic E-state index is 5.54. The minimum absolute atomic E-state index is 0.795. The fourth-order valence-corrected chi connectivity index (χ4v) is 10.5. The molecule has 10 aromatic carbocycles. The van der Waals surface area contributed by atoms with Crippen molar-refractivity contribution in [3.05, 3.63) is 224 Å². The fourth-order valence-electron chi connectivity index (χ4n) is 10.5. The molecular formula is C60H37N5. The molecule has 4 heterocycles. The Hall–Kier alpha value is -8.80. The molecule has 0 bridgehead atoms. The van der Waals surface area contributed by atoms with Crippen molar-refractivity contribution in [3.8, 4) is 39.6 Å². The van der Waals surface area contributed by atoms with Gasteiger partial charge in [-0.1, -0.05) is 140 Å². The smallest absolute Gasteiger partial charge is 0.165 e. The molecule has 0 unspecified atom stereocenters. The average Bonchev–Trinajstić information content (AvgIpc) is 4.01. The van der Waals surface area contributed by atoms with Gasteiger partial charge < -0.3 is 9.13 Å². The van der Waals surface area contributed by atoms with Gasteiger partial charge in [-0.05, 0) is 107 Å². The first-order valence-electron chi connectivity index (χ1n) is 22.2. The first-order valence-corrected chi connectivity index (χ1v) is 22.2. The van der Waals surface area contributed by atoms with Gasteiger partial charge in [0, 0.05) is 49.3 Å². The molecule has 0 N–H and O–H groups in total. The summed E-state index contributed by atoms with van der Waals surface area (Å²) in [5.74, 6) is 0.795. The van der Waals surface area contributed by atoms with E-state index in [9.17, 15) is 0 Å². The zero-order chi connectivity index (χ0) is 42.6. The third-order valence-corrected chi connectivity index (χ3v) is 13.4. The lowest BCUT2D eigenvalue weighted by Gasteiger charge is -2.15. The second kappa shape index (κ2) is 13.9. The zero-order valence-corrected chi connectivity index (χ0v) is 35.1. The Balaban J connectivity index is 1.03. The van der Waals surface area contributed by atoms with E-state index in [4.69, 9.17) is 9.97 Å². The van der Waals surface area contributed by atoms with Crippen LogP contribution < -0.4 is 0 Å². The number of hydrogen-bond donors (Lipinski definition) is 0. The number of rotatable bonds is 5. The van der Waals surface area contributed by atoms with E-state index in [1.54, 1.807) is 0 Å². The summed E-state index contributed by atoms with van der Waals surface area (Å²) in [5, 5.41) is 9.65. The van der Waals surface area contributed by atoms with Crippen LogP contribution in [0, 0.1) is 0 Å². The van der Waals surface area contributed by atoms with Gasteiger partial charge in [0.05, 0.1) is 44.1 Å². The maximum absolute atomic E-state index is 5.54. The number of aromatic nitrogens is 5. The van der Waals surface area contributed by atoms with Crippen molar-refractivity contribution in [1.82, 2.24) is 23.7 Å². The van der Waals surface area contributed by atoms with Gasteiger partial charge in [-0.3, -0.25) is 4.57 Å². The van der Waals surface area contributed by atoms with Crippen LogP contribution in [-0.2, 0) is 0 Å². The molecule has 302 valence electrons. The van der Waals surface area contributed by atoms with Gasteiger partial charge in [0.25, 0.3) is 0 Å². The monoisotopic (exact) mass is 827 g/mol. The molecule has 0 saturated carbocycles. The highest BCUT2D eigenvalue weighted by Crippen LogP contribution is 2.43. The van der Waals surface area contributed by atoms with Crippen molar-refractivity contribution in [2.75, 3.05) is 0 Å². The second-order valence-electron chi connectivity index (χ2n) is 17.0.